The molecule has 2 atom stereocenters. The fourth-order valence-electron chi connectivity index (χ4n) is 3.34. The van der Waals surface area contributed by atoms with Crippen molar-refractivity contribution in [3.05, 3.63) is 0 Å². The molecule has 1 aliphatic carbocycles. The molecule has 2 N–H and O–H groups in total. The summed E-state index contributed by atoms with van der Waals surface area (Å²) in [6, 6.07) is 0.387. The molecule has 1 heterocycles. The summed E-state index contributed by atoms with van der Waals surface area (Å²) in [5.74, 6) is 0.632. The van der Waals surface area contributed by atoms with Crippen LogP contribution in [0.2, 0.25) is 0 Å². The average molecular weight is 197 g/mol. The van der Waals surface area contributed by atoms with E-state index in [4.69, 9.17) is 10.5 Å². The lowest BCUT2D eigenvalue weighted by Crippen LogP contribution is -2.45. The highest BCUT2D eigenvalue weighted by Gasteiger charge is 2.42. The lowest BCUT2D eigenvalue weighted by molar-refractivity contribution is 0.135. The van der Waals surface area contributed by atoms with Crippen LogP contribution < -0.4 is 5.73 Å². The van der Waals surface area contributed by atoms with E-state index in [1.54, 1.807) is 0 Å². The largest absolute Gasteiger partial charge is 0.381 e. The summed E-state index contributed by atoms with van der Waals surface area (Å²) in [6.07, 6.45) is 7.90. The van der Waals surface area contributed by atoms with Gasteiger partial charge in [-0.15, -0.1) is 0 Å². The molecule has 2 nitrogen and oxygen atoms in total. The van der Waals surface area contributed by atoms with Crippen LogP contribution in [0, 0.1) is 11.3 Å². The van der Waals surface area contributed by atoms with Gasteiger partial charge in [0.15, 0.2) is 0 Å². The van der Waals surface area contributed by atoms with E-state index in [2.05, 4.69) is 6.92 Å². The van der Waals surface area contributed by atoms with Crippen molar-refractivity contribution in [2.45, 2.75) is 51.5 Å². The van der Waals surface area contributed by atoms with Gasteiger partial charge >= 0.3 is 0 Å². The molecule has 0 aromatic carbocycles. The van der Waals surface area contributed by atoms with Crippen LogP contribution in [-0.2, 0) is 4.74 Å². The lowest BCUT2D eigenvalue weighted by Gasteiger charge is -2.37. The zero-order valence-corrected chi connectivity index (χ0v) is 9.30. The Kier molecular flexibility index (Phi) is 3.13. The van der Waals surface area contributed by atoms with Gasteiger partial charge in [-0.3, -0.25) is 0 Å². The van der Waals surface area contributed by atoms with E-state index in [1.165, 1.54) is 38.5 Å². The van der Waals surface area contributed by atoms with Crippen molar-refractivity contribution in [1.29, 1.82) is 0 Å². The van der Waals surface area contributed by atoms with E-state index in [9.17, 15) is 0 Å². The van der Waals surface area contributed by atoms with Gasteiger partial charge in [-0.2, -0.15) is 0 Å². The van der Waals surface area contributed by atoms with Crippen LogP contribution in [0.3, 0.4) is 0 Å². The molecule has 0 bridgehead atoms. The number of hydrogen-bond donors (Lipinski definition) is 1. The molecular weight excluding hydrogens is 174 g/mol. The Morgan fingerprint density at radius 1 is 1.43 bits per heavy atom. The molecule has 0 aromatic heterocycles. The molecule has 1 saturated carbocycles. The number of nitrogens with two attached hydrogens (primary N) is 1. The van der Waals surface area contributed by atoms with Crippen LogP contribution in [0.5, 0.6) is 0 Å². The van der Waals surface area contributed by atoms with E-state index >= 15 is 0 Å². The van der Waals surface area contributed by atoms with Crippen molar-refractivity contribution in [1.82, 2.24) is 0 Å². The highest BCUT2D eigenvalue weighted by molar-refractivity contribution is 4.96. The van der Waals surface area contributed by atoms with Crippen LogP contribution in [-0.4, -0.2) is 19.3 Å². The Labute approximate surface area is 87.2 Å². The Morgan fingerprint density at radius 2 is 2.14 bits per heavy atom. The summed E-state index contributed by atoms with van der Waals surface area (Å²) < 4.78 is 5.45. The molecule has 0 radical (unpaired) electrons. The minimum atomic E-state index is 0.387. The molecule has 2 aliphatic rings. The van der Waals surface area contributed by atoms with E-state index in [0.717, 1.165) is 13.2 Å². The quantitative estimate of drug-likeness (QED) is 0.753. The minimum Gasteiger partial charge on any atom is -0.381 e. The summed E-state index contributed by atoms with van der Waals surface area (Å²) in [6.45, 7) is 4.14. The van der Waals surface area contributed by atoms with Crippen molar-refractivity contribution in [3.8, 4) is 0 Å². The SMILES string of the molecule is CCC1(C(N)C2CCOC2)CCCC1. The van der Waals surface area contributed by atoms with Crippen LogP contribution in [0.4, 0.5) is 0 Å². The number of hydrogen-bond acceptors (Lipinski definition) is 2. The fourth-order valence-corrected chi connectivity index (χ4v) is 3.34. The van der Waals surface area contributed by atoms with Gasteiger partial charge in [0, 0.05) is 18.6 Å². The first-order valence-corrected chi connectivity index (χ1v) is 6.12. The summed E-state index contributed by atoms with van der Waals surface area (Å²) in [5, 5.41) is 0. The van der Waals surface area contributed by atoms with Gasteiger partial charge in [-0.25, -0.2) is 0 Å². The zero-order chi connectivity index (χ0) is 10.0. The summed E-state index contributed by atoms with van der Waals surface area (Å²) in [5.41, 5.74) is 6.91. The molecule has 1 aliphatic heterocycles. The first-order valence-electron chi connectivity index (χ1n) is 6.12. The molecule has 1 saturated heterocycles. The van der Waals surface area contributed by atoms with E-state index < -0.39 is 0 Å². The minimum absolute atomic E-state index is 0.387. The van der Waals surface area contributed by atoms with Gasteiger partial charge in [-0.05, 0) is 31.1 Å². The zero-order valence-electron chi connectivity index (χ0n) is 9.30. The molecule has 2 unspecified atom stereocenters. The summed E-state index contributed by atoms with van der Waals surface area (Å²) in [7, 11) is 0. The Hall–Kier alpha value is -0.0800. The lowest BCUT2D eigenvalue weighted by atomic mass is 9.71. The van der Waals surface area contributed by atoms with Crippen molar-refractivity contribution in [2.24, 2.45) is 17.1 Å². The van der Waals surface area contributed by atoms with Crippen molar-refractivity contribution < 1.29 is 4.74 Å². The monoisotopic (exact) mass is 197 g/mol. The third kappa shape index (κ3) is 1.70. The van der Waals surface area contributed by atoms with Gasteiger partial charge < -0.3 is 10.5 Å². The molecular formula is C12H23NO. The number of rotatable bonds is 3. The maximum absolute atomic E-state index is 6.45. The topological polar surface area (TPSA) is 35.2 Å². The first-order chi connectivity index (χ1) is 6.78. The molecule has 2 rings (SSSR count). The van der Waals surface area contributed by atoms with Crippen LogP contribution in [0.1, 0.15) is 45.4 Å². The Balaban J connectivity index is 2.02. The Morgan fingerprint density at radius 3 is 2.64 bits per heavy atom. The highest BCUT2D eigenvalue weighted by Crippen LogP contribution is 2.46. The average Bonchev–Trinajstić information content (AvgIpc) is 2.89. The van der Waals surface area contributed by atoms with Crippen molar-refractivity contribution in [2.75, 3.05) is 13.2 Å². The second-order valence-corrected chi connectivity index (χ2v) is 5.07. The van der Waals surface area contributed by atoms with Crippen molar-refractivity contribution in [3.63, 3.8) is 0 Å². The normalized spacial score (nSPS) is 33.4. The second kappa shape index (κ2) is 4.19. The number of ether oxygens (including phenoxy) is 1. The van der Waals surface area contributed by atoms with E-state index in [0.29, 0.717) is 17.4 Å². The third-order valence-corrected chi connectivity index (χ3v) is 4.48. The Bertz CT molecular complexity index is 181. The van der Waals surface area contributed by atoms with Crippen molar-refractivity contribution >= 4 is 0 Å². The van der Waals surface area contributed by atoms with Gasteiger partial charge in [0.05, 0.1) is 6.61 Å². The van der Waals surface area contributed by atoms with Gasteiger partial charge in [0.2, 0.25) is 0 Å². The smallest absolute Gasteiger partial charge is 0.0510 e. The van der Waals surface area contributed by atoms with Crippen LogP contribution in [0.15, 0.2) is 0 Å². The standard InChI is InChI=1S/C12H23NO/c1-2-12(6-3-4-7-12)11(13)10-5-8-14-9-10/h10-11H,2-9,13H2,1H3. The van der Waals surface area contributed by atoms with Gasteiger partial charge in [0.1, 0.15) is 0 Å². The molecule has 82 valence electrons. The molecule has 0 spiro atoms. The maximum atomic E-state index is 6.45. The third-order valence-electron chi connectivity index (χ3n) is 4.48. The predicted octanol–water partition coefficient (Wildman–Crippen LogP) is 2.32. The molecule has 2 heteroatoms. The highest BCUT2D eigenvalue weighted by atomic mass is 16.5. The van der Waals surface area contributed by atoms with Crippen LogP contribution >= 0.6 is 0 Å². The fraction of sp³-hybridized carbons (Fsp3) is 1.00. The molecule has 0 aromatic rings. The maximum Gasteiger partial charge on any atom is 0.0510 e. The molecule has 0 amide bonds. The summed E-state index contributed by atoms with van der Waals surface area (Å²) >= 11 is 0. The van der Waals surface area contributed by atoms with Gasteiger partial charge in [0.25, 0.3) is 0 Å². The first kappa shape index (κ1) is 10.4. The molecule has 14 heavy (non-hydrogen) atoms. The second-order valence-electron chi connectivity index (χ2n) is 5.07. The predicted molar refractivity (Wildman–Crippen MR) is 58.1 cm³/mol. The van der Waals surface area contributed by atoms with E-state index in [-0.39, 0.29) is 0 Å². The van der Waals surface area contributed by atoms with Crippen LogP contribution in [0.25, 0.3) is 0 Å². The summed E-state index contributed by atoms with van der Waals surface area (Å²) in [4.78, 5) is 0. The van der Waals surface area contributed by atoms with Gasteiger partial charge in [-0.1, -0.05) is 19.8 Å². The van der Waals surface area contributed by atoms with E-state index in [1.807, 2.05) is 0 Å². The molecule has 2 fully saturated rings.